The quantitative estimate of drug-likeness (QED) is 0.913. The minimum absolute atomic E-state index is 0.180. The summed E-state index contributed by atoms with van der Waals surface area (Å²) in [4.78, 5) is 28.0. The molecule has 1 aliphatic rings. The molecule has 0 bridgehead atoms. The molecule has 0 amide bonds. The van der Waals surface area contributed by atoms with Crippen LogP contribution >= 0.6 is 0 Å². The van der Waals surface area contributed by atoms with Crippen molar-refractivity contribution in [2.45, 2.75) is 13.5 Å². The maximum Gasteiger partial charge on any atom is 0.341 e. The zero-order chi connectivity index (χ0) is 16.0. The van der Waals surface area contributed by atoms with E-state index in [1.54, 1.807) is 0 Å². The lowest BCUT2D eigenvalue weighted by Gasteiger charge is -2.35. The van der Waals surface area contributed by atoms with Gasteiger partial charge in [0.25, 0.3) is 0 Å². The maximum absolute atomic E-state index is 12.5. The third kappa shape index (κ3) is 2.03. The molecule has 1 N–H and O–H groups in total. The van der Waals surface area contributed by atoms with Gasteiger partial charge in [-0.25, -0.2) is 4.79 Å². The minimum atomic E-state index is -1.18. The summed E-state index contributed by atoms with van der Waals surface area (Å²) in [6.45, 7) is 4.33. The van der Waals surface area contributed by atoms with Gasteiger partial charge in [0.1, 0.15) is 5.56 Å². The highest BCUT2D eigenvalue weighted by Gasteiger charge is 2.21. The van der Waals surface area contributed by atoms with Gasteiger partial charge in [-0.15, -0.1) is 0 Å². The number of hydrogen-bond donors (Lipinski definition) is 1. The summed E-state index contributed by atoms with van der Waals surface area (Å²) in [6.07, 6.45) is 1.44. The van der Waals surface area contributed by atoms with E-state index in [9.17, 15) is 14.7 Å². The van der Waals surface area contributed by atoms with Gasteiger partial charge in [0.15, 0.2) is 0 Å². The molecule has 1 aromatic heterocycles. The first-order valence-corrected chi connectivity index (χ1v) is 7.30. The van der Waals surface area contributed by atoms with E-state index < -0.39 is 11.4 Å². The van der Waals surface area contributed by atoms with Gasteiger partial charge in [0.05, 0.1) is 16.9 Å². The molecular weight excluding hydrogens is 282 g/mol. The number of benzene rings is 1. The van der Waals surface area contributed by atoms with Crippen molar-refractivity contribution in [2.24, 2.45) is 0 Å². The van der Waals surface area contributed by atoms with Gasteiger partial charge < -0.3 is 19.5 Å². The first-order valence-electron chi connectivity index (χ1n) is 7.30. The highest BCUT2D eigenvalue weighted by molar-refractivity contribution is 5.96. The number of likely N-dealkylation sites (N-methyl/N-ethyl adjacent to an activating group) is 2. The molecule has 0 unspecified atom stereocenters. The summed E-state index contributed by atoms with van der Waals surface area (Å²) in [7, 11) is 4.01. The van der Waals surface area contributed by atoms with Crippen LogP contribution in [0.25, 0.3) is 10.9 Å². The lowest BCUT2D eigenvalue weighted by molar-refractivity contribution is 0.0695. The van der Waals surface area contributed by atoms with Crippen molar-refractivity contribution >= 4 is 28.2 Å². The molecule has 2 aromatic rings. The summed E-state index contributed by atoms with van der Waals surface area (Å²) >= 11 is 0. The normalized spacial score (nSPS) is 14.3. The molecule has 22 heavy (non-hydrogen) atoms. The van der Waals surface area contributed by atoms with Crippen molar-refractivity contribution < 1.29 is 9.90 Å². The van der Waals surface area contributed by atoms with Crippen LogP contribution in [-0.2, 0) is 6.54 Å². The third-order valence-electron chi connectivity index (χ3n) is 4.34. The van der Waals surface area contributed by atoms with Crippen molar-refractivity contribution in [3.8, 4) is 0 Å². The first kappa shape index (κ1) is 14.4. The summed E-state index contributed by atoms with van der Waals surface area (Å²) in [5, 5.41) is 9.71. The summed E-state index contributed by atoms with van der Waals surface area (Å²) in [6, 6.07) is 3.80. The Morgan fingerprint density at radius 3 is 2.32 bits per heavy atom. The average molecular weight is 301 g/mol. The topological polar surface area (TPSA) is 65.8 Å². The van der Waals surface area contributed by atoms with E-state index >= 15 is 0 Å². The van der Waals surface area contributed by atoms with E-state index in [2.05, 4.69) is 9.80 Å². The van der Waals surface area contributed by atoms with E-state index in [1.807, 2.05) is 37.7 Å². The molecule has 6 nitrogen and oxygen atoms in total. The molecule has 0 spiro atoms. The van der Waals surface area contributed by atoms with E-state index in [0.29, 0.717) is 11.9 Å². The van der Waals surface area contributed by atoms with Gasteiger partial charge in [-0.1, -0.05) is 0 Å². The molecule has 0 aliphatic carbocycles. The summed E-state index contributed by atoms with van der Waals surface area (Å²) in [5.74, 6) is -1.18. The lowest BCUT2D eigenvalue weighted by Crippen LogP contribution is -2.37. The van der Waals surface area contributed by atoms with Crippen molar-refractivity contribution in [3.05, 3.63) is 34.1 Å². The molecule has 0 atom stereocenters. The Balaban J connectivity index is 2.41. The number of aryl methyl sites for hydroxylation is 1. The van der Waals surface area contributed by atoms with Crippen LogP contribution in [0.5, 0.6) is 0 Å². The van der Waals surface area contributed by atoms with E-state index in [4.69, 9.17) is 0 Å². The number of carboxylic acid groups (broad SMARTS) is 1. The van der Waals surface area contributed by atoms with Crippen molar-refractivity contribution in [1.29, 1.82) is 0 Å². The fourth-order valence-corrected chi connectivity index (χ4v) is 2.98. The zero-order valence-corrected chi connectivity index (χ0v) is 13.0. The summed E-state index contributed by atoms with van der Waals surface area (Å²) in [5.41, 5.74) is 2.20. The largest absolute Gasteiger partial charge is 0.477 e. The van der Waals surface area contributed by atoms with Crippen molar-refractivity contribution in [3.63, 3.8) is 0 Å². The predicted octanol–water partition coefficient (Wildman–Crippen LogP) is 1.61. The number of aromatic nitrogens is 1. The molecule has 0 saturated heterocycles. The Morgan fingerprint density at radius 1 is 1.18 bits per heavy atom. The van der Waals surface area contributed by atoms with E-state index in [1.165, 1.54) is 6.20 Å². The third-order valence-corrected chi connectivity index (χ3v) is 4.34. The van der Waals surface area contributed by atoms with Crippen molar-refractivity contribution in [2.75, 3.05) is 37.0 Å². The van der Waals surface area contributed by atoms with Crippen LogP contribution in [-0.4, -0.2) is 42.8 Å². The van der Waals surface area contributed by atoms with Gasteiger partial charge in [-0.3, -0.25) is 4.79 Å². The zero-order valence-electron chi connectivity index (χ0n) is 13.0. The van der Waals surface area contributed by atoms with Gasteiger partial charge in [-0.05, 0) is 19.1 Å². The number of anilines is 2. The molecular formula is C16H19N3O3. The summed E-state index contributed by atoms with van der Waals surface area (Å²) < 4.78 is 1.82. The Kier molecular flexibility index (Phi) is 3.31. The van der Waals surface area contributed by atoms with Crippen LogP contribution in [0.1, 0.15) is 17.3 Å². The highest BCUT2D eigenvalue weighted by atomic mass is 16.4. The number of carbonyl (C=O) groups is 1. The predicted molar refractivity (Wildman–Crippen MR) is 87.4 cm³/mol. The minimum Gasteiger partial charge on any atom is -0.477 e. The Bertz CT molecular complexity index is 825. The Labute approximate surface area is 128 Å². The Morgan fingerprint density at radius 2 is 1.77 bits per heavy atom. The second-order valence-corrected chi connectivity index (χ2v) is 5.66. The van der Waals surface area contributed by atoms with Crippen LogP contribution < -0.4 is 15.2 Å². The van der Waals surface area contributed by atoms with Crippen LogP contribution in [0, 0.1) is 0 Å². The molecule has 1 aromatic carbocycles. The molecule has 0 radical (unpaired) electrons. The smallest absolute Gasteiger partial charge is 0.341 e. The molecule has 6 heteroatoms. The fourth-order valence-electron chi connectivity index (χ4n) is 2.98. The standard InChI is InChI=1S/C16H19N3O3/c1-4-19-9-11(16(21)22)15(20)10-7-13-14(8-12(10)19)18(3)6-5-17(13)2/h7-9H,4-6H2,1-3H3,(H,21,22). The van der Waals surface area contributed by atoms with Crippen LogP contribution in [0.3, 0.4) is 0 Å². The number of hydrogen-bond acceptors (Lipinski definition) is 4. The number of pyridine rings is 1. The van der Waals surface area contributed by atoms with Crippen LogP contribution in [0.4, 0.5) is 11.4 Å². The second-order valence-electron chi connectivity index (χ2n) is 5.66. The number of rotatable bonds is 2. The molecule has 1 aliphatic heterocycles. The number of nitrogens with zero attached hydrogens (tertiary/aromatic N) is 3. The highest BCUT2D eigenvalue weighted by Crippen LogP contribution is 2.34. The molecule has 0 fully saturated rings. The van der Waals surface area contributed by atoms with Crippen LogP contribution in [0.2, 0.25) is 0 Å². The molecule has 3 rings (SSSR count). The lowest BCUT2D eigenvalue weighted by atomic mass is 10.1. The second kappa shape index (κ2) is 5.05. The van der Waals surface area contributed by atoms with Crippen molar-refractivity contribution in [1.82, 2.24) is 4.57 Å². The van der Waals surface area contributed by atoms with Gasteiger partial charge >= 0.3 is 5.97 Å². The van der Waals surface area contributed by atoms with Gasteiger partial charge in [0, 0.05) is 45.3 Å². The molecule has 2 heterocycles. The first-order chi connectivity index (χ1) is 10.4. The van der Waals surface area contributed by atoms with E-state index in [0.717, 1.165) is 30.0 Å². The molecule has 0 saturated carbocycles. The Hall–Kier alpha value is -2.50. The van der Waals surface area contributed by atoms with Gasteiger partial charge in [-0.2, -0.15) is 0 Å². The van der Waals surface area contributed by atoms with Gasteiger partial charge in [0.2, 0.25) is 5.43 Å². The fraction of sp³-hybridized carbons (Fsp3) is 0.375. The molecule has 116 valence electrons. The number of fused-ring (bicyclic) bond motifs is 2. The monoisotopic (exact) mass is 301 g/mol. The van der Waals surface area contributed by atoms with E-state index in [-0.39, 0.29) is 5.56 Å². The maximum atomic E-state index is 12.5. The average Bonchev–Trinajstić information content (AvgIpc) is 2.50. The number of aromatic carboxylic acids is 1. The van der Waals surface area contributed by atoms with Crippen LogP contribution in [0.15, 0.2) is 23.1 Å². The SMILES string of the molecule is CCn1cc(C(=O)O)c(=O)c2cc3c(cc21)N(C)CCN3C. The number of carboxylic acids is 1.